The van der Waals surface area contributed by atoms with Gasteiger partial charge in [0.05, 0.1) is 0 Å². The van der Waals surface area contributed by atoms with Crippen molar-refractivity contribution in [1.82, 2.24) is 5.32 Å². The lowest BCUT2D eigenvalue weighted by molar-refractivity contribution is 0.0928. The number of amides is 1. The summed E-state index contributed by atoms with van der Waals surface area (Å²) in [6.07, 6.45) is 0.657. The number of aryl methyl sites for hydroxylation is 1. The number of benzene rings is 1. The molecule has 0 aromatic heterocycles. The number of carbonyl (C=O) groups excluding carboxylic acids is 1. The highest BCUT2D eigenvalue weighted by Gasteiger charge is 2.21. The predicted molar refractivity (Wildman–Crippen MR) is 72.5 cm³/mol. The highest BCUT2D eigenvalue weighted by Crippen LogP contribution is 2.17. The largest absolute Gasteiger partial charge is 0.348 e. The number of nitrogens with one attached hydrogen (secondary N) is 1. The van der Waals surface area contributed by atoms with Gasteiger partial charge in [-0.25, -0.2) is 8.78 Å². The molecular formula is C14H18ClF2NO. The molecule has 106 valence electrons. The minimum absolute atomic E-state index is 0.207. The molecule has 1 aromatic carbocycles. The molecule has 0 aliphatic rings. The molecule has 19 heavy (non-hydrogen) atoms. The third kappa shape index (κ3) is 4.16. The molecular weight excluding hydrogens is 272 g/mol. The first kappa shape index (κ1) is 15.9. The van der Waals surface area contributed by atoms with Crippen molar-refractivity contribution in [2.45, 2.75) is 33.2 Å². The monoisotopic (exact) mass is 289 g/mol. The Bertz CT molecular complexity index is 463. The zero-order chi connectivity index (χ0) is 14.6. The van der Waals surface area contributed by atoms with Gasteiger partial charge in [0.1, 0.15) is 17.2 Å². The van der Waals surface area contributed by atoms with Crippen LogP contribution in [0, 0.1) is 24.5 Å². The van der Waals surface area contributed by atoms with Crippen molar-refractivity contribution in [2.75, 3.05) is 5.88 Å². The van der Waals surface area contributed by atoms with Gasteiger partial charge in [-0.1, -0.05) is 19.9 Å². The molecule has 0 heterocycles. The fraction of sp³-hybridized carbons (Fsp3) is 0.500. The van der Waals surface area contributed by atoms with Gasteiger partial charge in [0, 0.05) is 11.9 Å². The summed E-state index contributed by atoms with van der Waals surface area (Å²) in [5.41, 5.74) is -0.309. The smallest absolute Gasteiger partial charge is 0.257 e. The topological polar surface area (TPSA) is 29.1 Å². The summed E-state index contributed by atoms with van der Waals surface area (Å²) >= 11 is 5.75. The third-order valence-electron chi connectivity index (χ3n) is 2.79. The van der Waals surface area contributed by atoms with Crippen LogP contribution in [0.4, 0.5) is 8.78 Å². The number of hydrogen-bond donors (Lipinski definition) is 1. The Morgan fingerprint density at radius 1 is 1.37 bits per heavy atom. The maximum atomic E-state index is 13.8. The maximum Gasteiger partial charge on any atom is 0.257 e. The van der Waals surface area contributed by atoms with Gasteiger partial charge in [-0.15, -0.1) is 11.6 Å². The first-order chi connectivity index (χ1) is 8.86. The highest BCUT2D eigenvalue weighted by atomic mass is 35.5. The molecule has 1 rings (SSSR count). The lowest BCUT2D eigenvalue weighted by Gasteiger charge is -2.18. The first-order valence-electron chi connectivity index (χ1n) is 6.18. The molecule has 1 amide bonds. The summed E-state index contributed by atoms with van der Waals surface area (Å²) in [6, 6.07) is 2.09. The lowest BCUT2D eigenvalue weighted by atomic mass is 10.0. The van der Waals surface area contributed by atoms with Gasteiger partial charge in [0.15, 0.2) is 0 Å². The SMILES string of the molecule is Cc1ccc(F)c(C(=O)NC(CCl)CC(C)C)c1F. The van der Waals surface area contributed by atoms with Crippen LogP contribution >= 0.6 is 11.6 Å². The first-order valence-corrected chi connectivity index (χ1v) is 6.71. The molecule has 2 nitrogen and oxygen atoms in total. The van der Waals surface area contributed by atoms with Crippen LogP contribution in [0.25, 0.3) is 0 Å². The van der Waals surface area contributed by atoms with E-state index in [1.165, 1.54) is 13.0 Å². The molecule has 0 fully saturated rings. The Morgan fingerprint density at radius 3 is 2.53 bits per heavy atom. The van der Waals surface area contributed by atoms with E-state index in [-0.39, 0.29) is 17.5 Å². The molecule has 0 aliphatic carbocycles. The molecule has 1 aromatic rings. The number of halogens is 3. The van der Waals surface area contributed by atoms with Crippen LogP contribution in [0.2, 0.25) is 0 Å². The normalized spacial score (nSPS) is 12.6. The Hall–Kier alpha value is -1.16. The van der Waals surface area contributed by atoms with Gasteiger partial charge in [-0.2, -0.15) is 0 Å². The van der Waals surface area contributed by atoms with E-state index in [4.69, 9.17) is 11.6 Å². The molecule has 0 radical (unpaired) electrons. The summed E-state index contributed by atoms with van der Waals surface area (Å²) in [6.45, 7) is 5.46. The molecule has 0 bridgehead atoms. The van der Waals surface area contributed by atoms with Gasteiger partial charge >= 0.3 is 0 Å². The Labute approximate surface area is 117 Å². The molecule has 0 saturated carbocycles. The average molecular weight is 290 g/mol. The fourth-order valence-electron chi connectivity index (χ4n) is 1.85. The van der Waals surface area contributed by atoms with Crippen molar-refractivity contribution in [3.05, 3.63) is 34.9 Å². The van der Waals surface area contributed by atoms with Crippen molar-refractivity contribution in [3.8, 4) is 0 Å². The maximum absolute atomic E-state index is 13.8. The number of rotatable bonds is 5. The van der Waals surface area contributed by atoms with Crippen molar-refractivity contribution in [1.29, 1.82) is 0 Å². The van der Waals surface area contributed by atoms with E-state index in [0.717, 1.165) is 6.07 Å². The minimum atomic E-state index is -0.863. The number of alkyl halides is 1. The standard InChI is InChI=1S/C14H18ClF2NO/c1-8(2)6-10(7-15)18-14(19)12-11(16)5-4-9(3)13(12)17/h4-5,8,10H,6-7H2,1-3H3,(H,18,19). The highest BCUT2D eigenvalue weighted by molar-refractivity contribution is 6.18. The molecule has 5 heteroatoms. The summed E-state index contributed by atoms with van der Waals surface area (Å²) in [7, 11) is 0. The van der Waals surface area contributed by atoms with Gasteiger partial charge in [-0.3, -0.25) is 4.79 Å². The van der Waals surface area contributed by atoms with Gasteiger partial charge in [-0.05, 0) is 30.9 Å². The van der Waals surface area contributed by atoms with Crippen LogP contribution in [-0.2, 0) is 0 Å². The van der Waals surface area contributed by atoms with Crippen molar-refractivity contribution in [3.63, 3.8) is 0 Å². The van der Waals surface area contributed by atoms with Crippen molar-refractivity contribution < 1.29 is 13.6 Å². The zero-order valence-electron chi connectivity index (χ0n) is 11.3. The van der Waals surface area contributed by atoms with Crippen LogP contribution in [0.5, 0.6) is 0 Å². The van der Waals surface area contributed by atoms with Crippen LogP contribution in [-0.4, -0.2) is 17.8 Å². The van der Waals surface area contributed by atoms with Crippen molar-refractivity contribution in [2.24, 2.45) is 5.92 Å². The summed E-state index contributed by atoms with van der Waals surface area (Å²) in [5.74, 6) is -1.91. The quantitative estimate of drug-likeness (QED) is 0.824. The molecule has 1 N–H and O–H groups in total. The molecule has 0 aliphatic heterocycles. The van der Waals surface area contributed by atoms with Crippen molar-refractivity contribution >= 4 is 17.5 Å². The minimum Gasteiger partial charge on any atom is -0.348 e. The van der Waals surface area contributed by atoms with E-state index in [9.17, 15) is 13.6 Å². The van der Waals surface area contributed by atoms with Gasteiger partial charge in [0.25, 0.3) is 5.91 Å². The molecule has 0 spiro atoms. The Kier molecular flexibility index (Phi) is 5.73. The van der Waals surface area contributed by atoms with E-state index in [2.05, 4.69) is 5.32 Å². The zero-order valence-corrected chi connectivity index (χ0v) is 12.0. The predicted octanol–water partition coefficient (Wildman–Crippen LogP) is 3.66. The summed E-state index contributed by atoms with van der Waals surface area (Å²) in [4.78, 5) is 11.9. The van der Waals surface area contributed by atoms with Crippen LogP contribution in [0.3, 0.4) is 0 Å². The third-order valence-corrected chi connectivity index (χ3v) is 3.16. The number of hydrogen-bond acceptors (Lipinski definition) is 1. The lowest BCUT2D eigenvalue weighted by Crippen LogP contribution is -2.38. The second kappa shape index (κ2) is 6.85. The van der Waals surface area contributed by atoms with Crippen LogP contribution < -0.4 is 5.32 Å². The van der Waals surface area contributed by atoms with Gasteiger partial charge in [0.2, 0.25) is 0 Å². The average Bonchev–Trinajstić information content (AvgIpc) is 2.33. The summed E-state index contributed by atoms with van der Waals surface area (Å²) in [5, 5.41) is 2.57. The van der Waals surface area contributed by atoms with Gasteiger partial charge < -0.3 is 5.32 Å². The van der Waals surface area contributed by atoms with Crippen LogP contribution in [0.1, 0.15) is 36.2 Å². The molecule has 0 saturated heterocycles. The van der Waals surface area contributed by atoms with Crippen LogP contribution in [0.15, 0.2) is 12.1 Å². The van der Waals surface area contributed by atoms with E-state index in [1.807, 2.05) is 13.8 Å². The Balaban J connectivity index is 2.92. The van der Waals surface area contributed by atoms with E-state index < -0.39 is 23.1 Å². The number of carbonyl (C=O) groups is 1. The second-order valence-electron chi connectivity index (χ2n) is 5.01. The molecule has 1 unspecified atom stereocenters. The second-order valence-corrected chi connectivity index (χ2v) is 5.32. The molecule has 1 atom stereocenters. The van der Waals surface area contributed by atoms with E-state index in [1.54, 1.807) is 0 Å². The van der Waals surface area contributed by atoms with E-state index in [0.29, 0.717) is 12.3 Å². The fourth-order valence-corrected chi connectivity index (χ4v) is 2.06. The van der Waals surface area contributed by atoms with E-state index >= 15 is 0 Å². The Morgan fingerprint density at radius 2 is 2.00 bits per heavy atom. The summed E-state index contributed by atoms with van der Waals surface area (Å²) < 4.78 is 27.4.